The van der Waals surface area contributed by atoms with Gasteiger partial charge in [0.05, 0.1) is 18.3 Å². The first-order valence-corrected chi connectivity index (χ1v) is 24.6. The van der Waals surface area contributed by atoms with Crippen molar-refractivity contribution in [3.63, 3.8) is 0 Å². The van der Waals surface area contributed by atoms with Crippen LogP contribution >= 0.6 is 0 Å². The van der Waals surface area contributed by atoms with E-state index in [2.05, 4.69) is 15.1 Å². The molecule has 0 aliphatic carbocycles. The zero-order valence-corrected chi connectivity index (χ0v) is 44.0. The van der Waals surface area contributed by atoms with Gasteiger partial charge in [-0.1, -0.05) is 24.3 Å². The molecule has 0 amide bonds. The van der Waals surface area contributed by atoms with Gasteiger partial charge in [-0.25, -0.2) is 17.6 Å². The summed E-state index contributed by atoms with van der Waals surface area (Å²) in [5, 5.41) is 31.2. The molecule has 0 atom stereocenters. The van der Waals surface area contributed by atoms with Gasteiger partial charge in [0.2, 0.25) is 23.1 Å². The van der Waals surface area contributed by atoms with Gasteiger partial charge >= 0.3 is 21.1 Å². The van der Waals surface area contributed by atoms with E-state index in [0.717, 1.165) is 137 Å². The van der Waals surface area contributed by atoms with Crippen molar-refractivity contribution < 1.29 is 73.1 Å². The number of carbonyl (C=O) groups is 4. The molecule has 3 fully saturated rings. The van der Waals surface area contributed by atoms with Gasteiger partial charge in [0.1, 0.15) is 23.3 Å². The Hall–Kier alpha value is -5.97. The largest absolute Gasteiger partial charge is 2.00 e. The maximum Gasteiger partial charge on any atom is 2.00 e. The number of ketones is 4. The third-order valence-corrected chi connectivity index (χ3v) is 13.3. The standard InChI is InChI=1S/C19H18FNO3.C19H20FNOS2.C14H8F2O2.C5H11NO.Pt/c2*20-15-5-1-13(2-6-15)18(23)19(24)14-3-7-16(8-4-14)21-11-9-17(22)10-12-21;15-11-5-1-9(2-6-11)13(17)14(18)10-3-7-12(16)8-4-10;7-5-1-3-6-4-2-5;/h1-8,17,22H,9-12H2;1-8,17,22-24H,9-12H2;1-8H;5-7H,1-4H2;/q;;;;+2/p-2. The molecule has 0 saturated carbocycles. The molecule has 9 rings (SSSR count). The van der Waals surface area contributed by atoms with E-state index in [9.17, 15) is 47.0 Å². The Morgan fingerprint density at radius 3 is 0.838 bits per heavy atom. The van der Waals surface area contributed by atoms with Crippen LogP contribution in [0.5, 0.6) is 0 Å². The van der Waals surface area contributed by atoms with E-state index >= 15 is 0 Å². The number of anilines is 2. The van der Waals surface area contributed by atoms with E-state index < -0.39 is 40.6 Å². The summed E-state index contributed by atoms with van der Waals surface area (Å²) in [6, 6.07) is 35.2. The van der Waals surface area contributed by atoms with E-state index in [1.54, 1.807) is 24.3 Å². The number of rotatable bonds is 10. The van der Waals surface area contributed by atoms with E-state index in [-0.39, 0.29) is 61.9 Å². The molecule has 6 aromatic rings. The van der Waals surface area contributed by atoms with Crippen molar-refractivity contribution in [1.82, 2.24) is 5.32 Å². The number of hydrogen-bond donors (Lipinski definition) is 4. The minimum atomic E-state index is -0.749. The smallest absolute Gasteiger partial charge is 0.781 e. The van der Waals surface area contributed by atoms with Crippen molar-refractivity contribution >= 4 is 69.6 Å². The number of nitrogens with zero attached hydrogens (tertiary/aromatic N) is 2. The van der Waals surface area contributed by atoms with Crippen molar-refractivity contribution in [2.24, 2.45) is 0 Å². The number of hydrogen-bond acceptors (Lipinski definition) is 12. The number of aliphatic hydroxyl groups excluding tert-OH is 3. The van der Waals surface area contributed by atoms with Gasteiger partial charge in [-0.3, -0.25) is 19.2 Å². The summed E-state index contributed by atoms with van der Waals surface area (Å²) in [6.07, 6.45) is 4.47. The second-order valence-corrected chi connectivity index (χ2v) is 18.3. The van der Waals surface area contributed by atoms with Gasteiger partial charge in [0.25, 0.3) is 0 Å². The molecule has 17 heteroatoms. The van der Waals surface area contributed by atoms with Gasteiger partial charge in [0.15, 0.2) is 0 Å². The van der Waals surface area contributed by atoms with E-state index in [1.807, 2.05) is 36.4 Å². The number of piperidine rings is 3. The summed E-state index contributed by atoms with van der Waals surface area (Å²) in [7, 11) is 0. The number of benzene rings is 6. The minimum Gasteiger partial charge on any atom is -0.781 e. The van der Waals surface area contributed by atoms with Gasteiger partial charge in [0, 0.05) is 59.8 Å². The molecule has 0 spiro atoms. The van der Waals surface area contributed by atoms with Gasteiger partial charge in [-0.15, -0.1) is 0 Å². The van der Waals surface area contributed by atoms with E-state index in [4.69, 9.17) is 30.4 Å². The SMILES string of the molecule is O=C(C(=O)c1ccc(F)cc1)c1ccc(F)cc1.O=C(C(=O)c1ccc(N2CCC(O)CC2)cc1)c1ccc(F)cc1.OC1CCN(c2ccc(C([S-])=C([S-])c3ccc(F)cc3)cc2)CC1.OC1CCNCC1.[Pt+2]. The number of aliphatic hydroxyl groups is 3. The molecule has 10 nitrogen and oxygen atoms in total. The van der Waals surface area contributed by atoms with Crippen LogP contribution in [0.25, 0.3) is 9.81 Å². The van der Waals surface area contributed by atoms with Crippen LogP contribution in [0.3, 0.4) is 0 Å². The molecule has 74 heavy (non-hydrogen) atoms. The molecule has 390 valence electrons. The Balaban J connectivity index is 0.000000193. The van der Waals surface area contributed by atoms with Gasteiger partial charge in [-0.05, 0) is 184 Å². The van der Waals surface area contributed by atoms with Crippen LogP contribution in [-0.2, 0) is 46.3 Å². The molecule has 3 heterocycles. The number of nitrogens with one attached hydrogen (secondary N) is 1. The zero-order chi connectivity index (χ0) is 52.4. The number of carbonyl (C=O) groups excluding carboxylic acids is 4. The van der Waals surface area contributed by atoms with Crippen LogP contribution in [0, 0.1) is 23.3 Å². The molecule has 0 aromatic heterocycles. The Morgan fingerprint density at radius 1 is 0.378 bits per heavy atom. The van der Waals surface area contributed by atoms with Crippen molar-refractivity contribution in [2.45, 2.75) is 56.8 Å². The molecule has 0 radical (unpaired) electrons. The molecule has 4 N–H and O–H groups in total. The monoisotopic (exact) mass is 1230 g/mol. The summed E-state index contributed by atoms with van der Waals surface area (Å²) < 4.78 is 51.3. The number of Topliss-reactive ketones (excluding diaryl/α,β-unsaturated/α-hetero) is 4. The van der Waals surface area contributed by atoms with Crippen LogP contribution in [0.4, 0.5) is 28.9 Å². The van der Waals surface area contributed by atoms with Crippen LogP contribution in [0.1, 0.15) is 91.1 Å². The van der Waals surface area contributed by atoms with Crippen LogP contribution in [-0.4, -0.2) is 96.0 Å². The molecule has 3 saturated heterocycles. The van der Waals surface area contributed by atoms with E-state index in [1.165, 1.54) is 48.5 Å². The quantitative estimate of drug-likeness (QED) is 0.0341. The molecule has 0 unspecified atom stereocenters. The average Bonchev–Trinajstić information content (AvgIpc) is 3.42. The molecule has 6 aromatic carbocycles. The molecule has 0 bridgehead atoms. The van der Waals surface area contributed by atoms with Crippen LogP contribution in [0.2, 0.25) is 0 Å². The first-order valence-electron chi connectivity index (χ1n) is 23.8. The molecular weight excluding hydrogens is 1170 g/mol. The second kappa shape index (κ2) is 29.2. The normalized spacial score (nSPS) is 15.3. The van der Waals surface area contributed by atoms with Crippen molar-refractivity contribution in [3.8, 4) is 0 Å². The predicted octanol–water partition coefficient (Wildman–Crippen LogP) is 9.32. The predicted molar refractivity (Wildman–Crippen MR) is 280 cm³/mol. The molecule has 3 aliphatic rings. The first kappa shape index (κ1) is 58.9. The maximum atomic E-state index is 13.0. The summed E-state index contributed by atoms with van der Waals surface area (Å²) in [5.41, 5.74) is 4.43. The fourth-order valence-corrected chi connectivity index (χ4v) is 8.40. The first-order chi connectivity index (χ1) is 35.1. The number of halogens is 4. The second-order valence-electron chi connectivity index (χ2n) is 17.5. The Kier molecular flexibility index (Phi) is 23.3. The minimum absolute atomic E-state index is 0. The molecular formula is C57H55F4N3O7PtS2. The Morgan fingerprint density at radius 2 is 0.595 bits per heavy atom. The summed E-state index contributed by atoms with van der Waals surface area (Å²) in [6.45, 7) is 5.23. The summed E-state index contributed by atoms with van der Waals surface area (Å²) >= 11 is 10.9. The fraction of sp³-hybridized carbons (Fsp3) is 0.263. The average molecular weight is 1230 g/mol. The van der Waals surface area contributed by atoms with Crippen LogP contribution < -0.4 is 15.1 Å². The third-order valence-electron chi connectivity index (χ3n) is 12.3. The maximum absolute atomic E-state index is 13.0. The van der Waals surface area contributed by atoms with Crippen molar-refractivity contribution in [3.05, 3.63) is 202 Å². The Bertz CT molecular complexity index is 2730. The fourth-order valence-electron chi connectivity index (χ4n) is 7.89. The van der Waals surface area contributed by atoms with Gasteiger partial charge < -0.3 is 55.7 Å². The van der Waals surface area contributed by atoms with Gasteiger partial charge in [-0.2, -0.15) is 9.81 Å². The van der Waals surface area contributed by atoms with E-state index in [0.29, 0.717) is 15.4 Å². The summed E-state index contributed by atoms with van der Waals surface area (Å²) in [4.78, 5) is 53.5. The zero-order valence-electron chi connectivity index (χ0n) is 40.1. The third kappa shape index (κ3) is 17.6. The molecule has 3 aliphatic heterocycles. The van der Waals surface area contributed by atoms with Crippen LogP contribution in [0.15, 0.2) is 146 Å². The topological polar surface area (TPSA) is 147 Å². The summed E-state index contributed by atoms with van der Waals surface area (Å²) in [5.74, 6) is -4.46. The Labute approximate surface area is 453 Å². The van der Waals surface area contributed by atoms with Crippen molar-refractivity contribution in [2.75, 3.05) is 49.1 Å². The van der Waals surface area contributed by atoms with Crippen molar-refractivity contribution in [1.29, 1.82) is 0 Å².